The summed E-state index contributed by atoms with van der Waals surface area (Å²) >= 11 is 0. The number of rotatable bonds is 10. The molecule has 1 unspecified atom stereocenters. The van der Waals surface area contributed by atoms with E-state index in [1.807, 2.05) is 0 Å². The summed E-state index contributed by atoms with van der Waals surface area (Å²) < 4.78 is 15.2. The zero-order valence-corrected chi connectivity index (χ0v) is 14.6. The molecule has 2 aromatic rings. The van der Waals surface area contributed by atoms with Crippen LogP contribution < -0.4 is 15.4 Å². The van der Waals surface area contributed by atoms with Crippen molar-refractivity contribution in [1.29, 1.82) is 0 Å². The largest absolute Gasteiger partial charge is 0.484 e. The molecular formula is C18H20N2O7. The highest BCUT2D eigenvalue weighted by Gasteiger charge is 2.19. The minimum absolute atomic E-state index is 0.145. The Morgan fingerprint density at radius 3 is 2.70 bits per heavy atom. The summed E-state index contributed by atoms with van der Waals surface area (Å²) in [4.78, 5) is 34.9. The maximum atomic E-state index is 11.9. The molecule has 27 heavy (non-hydrogen) atoms. The van der Waals surface area contributed by atoms with Crippen LogP contribution >= 0.6 is 0 Å². The van der Waals surface area contributed by atoms with Gasteiger partial charge in [0.1, 0.15) is 11.8 Å². The SMILES string of the molecule is COCCC(NC(=O)COc1cccc(NC(=O)c2ccco2)c1)C(=O)O. The van der Waals surface area contributed by atoms with Gasteiger partial charge in [0.25, 0.3) is 11.8 Å². The van der Waals surface area contributed by atoms with Crippen molar-refractivity contribution in [2.24, 2.45) is 0 Å². The van der Waals surface area contributed by atoms with E-state index in [0.29, 0.717) is 11.4 Å². The fourth-order valence-corrected chi connectivity index (χ4v) is 2.14. The van der Waals surface area contributed by atoms with Crippen LogP contribution in [0.5, 0.6) is 5.75 Å². The predicted molar refractivity (Wildman–Crippen MR) is 94.7 cm³/mol. The molecule has 0 spiro atoms. The molecule has 9 heteroatoms. The van der Waals surface area contributed by atoms with Crippen molar-refractivity contribution in [2.75, 3.05) is 25.6 Å². The lowest BCUT2D eigenvalue weighted by Gasteiger charge is -2.14. The smallest absolute Gasteiger partial charge is 0.326 e. The number of carbonyl (C=O) groups excluding carboxylic acids is 2. The summed E-state index contributed by atoms with van der Waals surface area (Å²) in [7, 11) is 1.45. The number of hydrogen-bond donors (Lipinski definition) is 3. The number of amides is 2. The van der Waals surface area contributed by atoms with E-state index in [2.05, 4.69) is 10.6 Å². The summed E-state index contributed by atoms with van der Waals surface area (Å²) in [6.45, 7) is -0.165. The van der Waals surface area contributed by atoms with E-state index in [1.165, 1.54) is 25.5 Å². The van der Waals surface area contributed by atoms with Gasteiger partial charge in [0.2, 0.25) is 0 Å². The van der Waals surface area contributed by atoms with Crippen molar-refractivity contribution in [3.8, 4) is 5.75 Å². The van der Waals surface area contributed by atoms with Crippen LogP contribution in [0.2, 0.25) is 0 Å². The molecule has 1 heterocycles. The van der Waals surface area contributed by atoms with Crippen LogP contribution in [-0.2, 0) is 14.3 Å². The molecule has 0 saturated carbocycles. The molecule has 9 nitrogen and oxygen atoms in total. The molecule has 2 amide bonds. The van der Waals surface area contributed by atoms with Crippen molar-refractivity contribution < 1.29 is 33.4 Å². The number of carbonyl (C=O) groups is 3. The number of hydrogen-bond acceptors (Lipinski definition) is 6. The Labute approximate surface area is 155 Å². The van der Waals surface area contributed by atoms with Gasteiger partial charge in [0.15, 0.2) is 12.4 Å². The normalized spacial score (nSPS) is 11.4. The number of methoxy groups -OCH3 is 1. The van der Waals surface area contributed by atoms with Crippen LogP contribution in [0.4, 0.5) is 5.69 Å². The number of anilines is 1. The molecule has 144 valence electrons. The molecule has 0 bridgehead atoms. The molecule has 0 aliphatic heterocycles. The second kappa shape index (κ2) is 9.97. The van der Waals surface area contributed by atoms with Gasteiger partial charge in [-0.2, -0.15) is 0 Å². The molecule has 2 rings (SSSR count). The van der Waals surface area contributed by atoms with Crippen LogP contribution in [0, 0.1) is 0 Å². The lowest BCUT2D eigenvalue weighted by atomic mass is 10.2. The molecule has 0 fully saturated rings. The molecule has 1 aromatic heterocycles. The molecule has 0 aliphatic carbocycles. The highest BCUT2D eigenvalue weighted by atomic mass is 16.5. The van der Waals surface area contributed by atoms with Gasteiger partial charge >= 0.3 is 5.97 Å². The van der Waals surface area contributed by atoms with E-state index in [1.54, 1.807) is 24.3 Å². The summed E-state index contributed by atoms with van der Waals surface area (Å²) in [6, 6.07) is 8.51. The number of carboxylic acid groups (broad SMARTS) is 1. The average Bonchev–Trinajstić information content (AvgIpc) is 3.18. The van der Waals surface area contributed by atoms with Gasteiger partial charge in [-0.15, -0.1) is 0 Å². The molecule has 1 aromatic carbocycles. The first-order valence-corrected chi connectivity index (χ1v) is 8.08. The number of nitrogens with one attached hydrogen (secondary N) is 2. The van der Waals surface area contributed by atoms with Gasteiger partial charge < -0.3 is 29.6 Å². The third kappa shape index (κ3) is 6.48. The highest BCUT2D eigenvalue weighted by molar-refractivity contribution is 6.02. The van der Waals surface area contributed by atoms with E-state index in [-0.39, 0.29) is 25.4 Å². The van der Waals surface area contributed by atoms with Gasteiger partial charge in [-0.25, -0.2) is 4.79 Å². The molecule has 0 radical (unpaired) electrons. The van der Waals surface area contributed by atoms with Crippen molar-refractivity contribution in [3.63, 3.8) is 0 Å². The highest BCUT2D eigenvalue weighted by Crippen LogP contribution is 2.18. The quantitative estimate of drug-likeness (QED) is 0.574. The summed E-state index contributed by atoms with van der Waals surface area (Å²) in [5, 5.41) is 14.1. The van der Waals surface area contributed by atoms with Gasteiger partial charge in [0.05, 0.1) is 6.26 Å². The lowest BCUT2D eigenvalue weighted by Crippen LogP contribution is -2.43. The maximum absolute atomic E-state index is 11.9. The summed E-state index contributed by atoms with van der Waals surface area (Å²) in [5.74, 6) is -1.65. The predicted octanol–water partition coefficient (Wildman–Crippen LogP) is 1.52. The van der Waals surface area contributed by atoms with Crippen LogP contribution in [0.3, 0.4) is 0 Å². The van der Waals surface area contributed by atoms with Crippen molar-refractivity contribution in [3.05, 3.63) is 48.4 Å². The van der Waals surface area contributed by atoms with Gasteiger partial charge in [-0.1, -0.05) is 6.07 Å². The van der Waals surface area contributed by atoms with Gasteiger partial charge in [-0.3, -0.25) is 9.59 Å². The molecule has 0 saturated heterocycles. The number of carboxylic acids is 1. The Morgan fingerprint density at radius 2 is 2.04 bits per heavy atom. The van der Waals surface area contributed by atoms with E-state index >= 15 is 0 Å². The summed E-state index contributed by atoms with van der Waals surface area (Å²) in [6.07, 6.45) is 1.54. The first-order valence-electron chi connectivity index (χ1n) is 8.08. The number of furan rings is 1. The fraction of sp³-hybridized carbons (Fsp3) is 0.278. The van der Waals surface area contributed by atoms with E-state index in [9.17, 15) is 14.4 Å². The maximum Gasteiger partial charge on any atom is 0.326 e. The average molecular weight is 376 g/mol. The lowest BCUT2D eigenvalue weighted by molar-refractivity contribution is -0.142. The fourth-order valence-electron chi connectivity index (χ4n) is 2.14. The Bertz CT molecular complexity index is 774. The Balaban J connectivity index is 1.87. The van der Waals surface area contributed by atoms with Crippen molar-refractivity contribution >= 4 is 23.5 Å². The van der Waals surface area contributed by atoms with Crippen LogP contribution in [0.25, 0.3) is 0 Å². The van der Waals surface area contributed by atoms with Crippen molar-refractivity contribution in [2.45, 2.75) is 12.5 Å². The van der Waals surface area contributed by atoms with Crippen LogP contribution in [0.15, 0.2) is 47.1 Å². The summed E-state index contributed by atoms with van der Waals surface area (Å²) in [5.41, 5.74) is 0.456. The minimum Gasteiger partial charge on any atom is -0.484 e. The van der Waals surface area contributed by atoms with Gasteiger partial charge in [-0.05, 0) is 24.3 Å². The topological polar surface area (TPSA) is 127 Å². The van der Waals surface area contributed by atoms with Crippen LogP contribution in [0.1, 0.15) is 17.0 Å². The zero-order chi connectivity index (χ0) is 19.6. The van der Waals surface area contributed by atoms with Crippen molar-refractivity contribution in [1.82, 2.24) is 5.32 Å². The minimum atomic E-state index is -1.15. The molecule has 0 aliphatic rings. The third-order valence-electron chi connectivity index (χ3n) is 3.45. The number of benzene rings is 1. The first-order chi connectivity index (χ1) is 13.0. The monoisotopic (exact) mass is 376 g/mol. The zero-order valence-electron chi connectivity index (χ0n) is 14.6. The Kier molecular flexibility index (Phi) is 7.38. The number of ether oxygens (including phenoxy) is 2. The molecule has 1 atom stereocenters. The first kappa shape index (κ1) is 20.0. The van der Waals surface area contributed by atoms with Crippen LogP contribution in [-0.4, -0.2) is 49.3 Å². The second-order valence-corrected chi connectivity index (χ2v) is 5.49. The standard InChI is InChI=1S/C18H20N2O7/c1-25-9-7-14(18(23)24)20-16(21)11-27-13-5-2-4-12(10-13)19-17(22)15-6-3-8-26-15/h2-6,8,10,14H,7,9,11H2,1H3,(H,19,22)(H,20,21)(H,23,24). The van der Waals surface area contributed by atoms with E-state index in [4.69, 9.17) is 19.0 Å². The van der Waals surface area contributed by atoms with E-state index < -0.39 is 23.8 Å². The molecular weight excluding hydrogens is 356 g/mol. The third-order valence-corrected chi connectivity index (χ3v) is 3.45. The number of aliphatic carboxylic acids is 1. The Hall–Kier alpha value is -3.33. The Morgan fingerprint density at radius 1 is 1.22 bits per heavy atom. The van der Waals surface area contributed by atoms with Gasteiger partial charge in [0, 0.05) is 31.9 Å². The van der Waals surface area contributed by atoms with E-state index in [0.717, 1.165) is 0 Å². The molecule has 3 N–H and O–H groups in total. The second-order valence-electron chi connectivity index (χ2n) is 5.49.